The first-order chi connectivity index (χ1) is 15.1. The number of hydrogen-bond donors (Lipinski definition) is 3. The molecule has 0 aliphatic heterocycles. The number of nitrogens with one attached hydrogen (secondary N) is 2. The summed E-state index contributed by atoms with van der Waals surface area (Å²) in [6.45, 7) is 7.56. The van der Waals surface area contributed by atoms with E-state index in [2.05, 4.69) is 24.5 Å². The van der Waals surface area contributed by atoms with Crippen LogP contribution < -0.4 is 10.6 Å². The number of ether oxygens (including phenoxy) is 1. The summed E-state index contributed by atoms with van der Waals surface area (Å²) in [6.07, 6.45) is 2.05. The summed E-state index contributed by atoms with van der Waals surface area (Å²) in [4.78, 5) is 32.6. The molecule has 1 fully saturated rings. The van der Waals surface area contributed by atoms with E-state index in [1.807, 2.05) is 25.9 Å². The van der Waals surface area contributed by atoms with E-state index in [1.54, 1.807) is 18.4 Å². The number of methoxy groups -OCH3 is 1. The van der Waals surface area contributed by atoms with Crippen LogP contribution in [0.2, 0.25) is 0 Å². The molecule has 6 atom stereocenters. The second-order valence-electron chi connectivity index (χ2n) is 10.0. The van der Waals surface area contributed by atoms with Gasteiger partial charge in [0.2, 0.25) is 11.8 Å². The van der Waals surface area contributed by atoms with Crippen molar-refractivity contribution in [3.8, 4) is 0 Å². The maximum atomic E-state index is 12.6. The Morgan fingerprint density at radius 2 is 2.12 bits per heavy atom. The van der Waals surface area contributed by atoms with Crippen LogP contribution in [0.1, 0.15) is 50.1 Å². The van der Waals surface area contributed by atoms with E-state index in [9.17, 15) is 14.7 Å². The van der Waals surface area contributed by atoms with E-state index >= 15 is 0 Å². The average Bonchev–Trinajstić information content (AvgIpc) is 3.08. The third-order valence-electron chi connectivity index (χ3n) is 7.29. The van der Waals surface area contributed by atoms with Crippen molar-refractivity contribution in [2.24, 2.45) is 23.2 Å². The minimum atomic E-state index is -0.575. The van der Waals surface area contributed by atoms with Gasteiger partial charge < -0.3 is 25.4 Å². The Morgan fingerprint density at radius 3 is 2.78 bits per heavy atom. The number of aromatic nitrogens is 1. The third kappa shape index (κ3) is 5.16. The van der Waals surface area contributed by atoms with Gasteiger partial charge in [-0.25, -0.2) is 4.98 Å². The number of aliphatic hydroxyl groups excluding tert-OH is 1. The van der Waals surface area contributed by atoms with Gasteiger partial charge in [0.15, 0.2) is 5.13 Å². The van der Waals surface area contributed by atoms with E-state index in [4.69, 9.17) is 9.72 Å². The van der Waals surface area contributed by atoms with Crippen LogP contribution in [-0.2, 0) is 20.7 Å². The molecule has 3 rings (SSSR count). The molecule has 2 aliphatic carbocycles. The van der Waals surface area contributed by atoms with Crippen LogP contribution >= 0.6 is 11.3 Å². The third-order valence-corrected chi connectivity index (χ3v) is 8.28. The Labute approximate surface area is 195 Å². The zero-order chi connectivity index (χ0) is 23.6. The number of aliphatic hydroxyl groups is 1. The molecule has 0 aromatic carbocycles. The van der Waals surface area contributed by atoms with Gasteiger partial charge in [0.1, 0.15) is 0 Å². The van der Waals surface area contributed by atoms with Crippen molar-refractivity contribution in [1.29, 1.82) is 0 Å². The number of likely N-dealkylation sites (N-methyl/N-ethyl adjacent to an activating group) is 1. The molecule has 2 aliphatic rings. The smallest absolute Gasteiger partial charge is 0.240 e. The quantitative estimate of drug-likeness (QED) is 0.507. The molecule has 0 radical (unpaired) electrons. The first-order valence-corrected chi connectivity index (χ1v) is 12.3. The number of rotatable bonds is 8. The van der Waals surface area contributed by atoms with E-state index in [1.165, 1.54) is 4.88 Å². The fraction of sp³-hybridized carbons (Fsp3) is 0.783. The molecular weight excluding hydrogens is 428 g/mol. The fourth-order valence-corrected chi connectivity index (χ4v) is 6.96. The number of carbonyl (C=O) groups excluding carboxylic acids is 2. The molecule has 8 nitrogen and oxygen atoms in total. The molecule has 1 heterocycles. The molecule has 3 N–H and O–H groups in total. The van der Waals surface area contributed by atoms with Crippen LogP contribution in [0.15, 0.2) is 0 Å². The zero-order valence-corrected chi connectivity index (χ0v) is 20.9. The summed E-state index contributed by atoms with van der Waals surface area (Å²) in [6, 6.07) is 0. The van der Waals surface area contributed by atoms with Crippen molar-refractivity contribution >= 4 is 28.3 Å². The van der Waals surface area contributed by atoms with Crippen molar-refractivity contribution in [1.82, 2.24) is 15.2 Å². The summed E-state index contributed by atoms with van der Waals surface area (Å²) in [5, 5.41) is 17.9. The first kappa shape index (κ1) is 25.1. The van der Waals surface area contributed by atoms with Crippen LogP contribution in [0, 0.1) is 23.2 Å². The molecule has 2 amide bonds. The first-order valence-electron chi connectivity index (χ1n) is 11.5. The Balaban J connectivity index is 1.76. The molecule has 0 spiro atoms. The lowest BCUT2D eigenvalue weighted by atomic mass is 9.53. The molecule has 180 valence electrons. The SMILES string of the molecule is COCCNC(=O)[C@@H](C)[C@@H]1CC[C@@]2(C)Cc3sc(NC(=O)CN(C)C)nc3[C@@H](C)[C@@H]2[C@H]1O. The monoisotopic (exact) mass is 466 g/mol. The lowest BCUT2D eigenvalue weighted by Gasteiger charge is -2.53. The van der Waals surface area contributed by atoms with Gasteiger partial charge in [0.05, 0.1) is 24.9 Å². The summed E-state index contributed by atoms with van der Waals surface area (Å²) in [7, 11) is 5.32. The number of hydrogen-bond acceptors (Lipinski definition) is 7. The zero-order valence-electron chi connectivity index (χ0n) is 20.1. The van der Waals surface area contributed by atoms with Gasteiger partial charge in [-0.3, -0.25) is 9.59 Å². The van der Waals surface area contributed by atoms with Crippen molar-refractivity contribution in [2.45, 2.75) is 52.1 Å². The van der Waals surface area contributed by atoms with Gasteiger partial charge in [-0.2, -0.15) is 0 Å². The van der Waals surface area contributed by atoms with Gasteiger partial charge >= 0.3 is 0 Å². The van der Waals surface area contributed by atoms with E-state index < -0.39 is 6.10 Å². The Morgan fingerprint density at radius 1 is 1.41 bits per heavy atom. The average molecular weight is 467 g/mol. The highest BCUT2D eigenvalue weighted by Gasteiger charge is 2.53. The summed E-state index contributed by atoms with van der Waals surface area (Å²) >= 11 is 1.55. The number of fused-ring (bicyclic) bond motifs is 2. The maximum absolute atomic E-state index is 12.6. The molecule has 1 saturated carbocycles. The number of anilines is 1. The van der Waals surface area contributed by atoms with E-state index in [-0.39, 0.29) is 40.9 Å². The van der Waals surface area contributed by atoms with Gasteiger partial charge in [-0.1, -0.05) is 20.8 Å². The highest BCUT2D eigenvalue weighted by molar-refractivity contribution is 7.15. The number of carbonyl (C=O) groups is 2. The van der Waals surface area contributed by atoms with E-state index in [0.717, 1.165) is 25.0 Å². The number of thiazole rings is 1. The highest BCUT2D eigenvalue weighted by Crippen LogP contribution is 2.57. The summed E-state index contributed by atoms with van der Waals surface area (Å²) in [5.74, 6) is -0.380. The van der Waals surface area contributed by atoms with Gasteiger partial charge in [0.25, 0.3) is 0 Å². The molecule has 1 aromatic rings. The van der Waals surface area contributed by atoms with E-state index in [0.29, 0.717) is 24.8 Å². The molecular formula is C23H38N4O4S. The van der Waals surface area contributed by atoms with Crippen LogP contribution in [0.4, 0.5) is 5.13 Å². The lowest BCUT2D eigenvalue weighted by Crippen LogP contribution is -2.53. The minimum Gasteiger partial charge on any atom is -0.392 e. The van der Waals surface area contributed by atoms with Crippen LogP contribution in [0.3, 0.4) is 0 Å². The lowest BCUT2D eigenvalue weighted by molar-refractivity contribution is -0.135. The predicted molar refractivity (Wildman–Crippen MR) is 126 cm³/mol. The molecule has 9 heteroatoms. The summed E-state index contributed by atoms with van der Waals surface area (Å²) < 4.78 is 5.02. The van der Waals surface area contributed by atoms with Gasteiger partial charge in [0, 0.05) is 30.4 Å². The minimum absolute atomic E-state index is 0.0235. The normalized spacial score (nSPS) is 30.4. The highest BCUT2D eigenvalue weighted by atomic mass is 32.1. The number of amides is 2. The molecule has 32 heavy (non-hydrogen) atoms. The second-order valence-corrected chi connectivity index (χ2v) is 11.1. The van der Waals surface area contributed by atoms with Crippen molar-refractivity contribution in [2.75, 3.05) is 46.2 Å². The largest absolute Gasteiger partial charge is 0.392 e. The van der Waals surface area contributed by atoms with Crippen LogP contribution in [0.25, 0.3) is 0 Å². The standard InChI is InChI=1S/C23H38N4O4S/c1-13(21(30)24-9-10-31-6)15-7-8-23(3)11-16-19(14(2)18(23)20(15)29)26-22(32-16)25-17(28)12-27(4)5/h13-15,18,20,29H,7-12H2,1-6H3,(H,24,30)(H,25,26,28)/t13-,14-,15-,18+,20-,23-/m0/s1. The predicted octanol–water partition coefficient (Wildman–Crippen LogP) is 2.09. The molecule has 0 bridgehead atoms. The Bertz CT molecular complexity index is 829. The van der Waals surface area contributed by atoms with Crippen molar-refractivity contribution in [3.05, 3.63) is 10.6 Å². The van der Waals surface area contributed by atoms with Crippen molar-refractivity contribution in [3.63, 3.8) is 0 Å². The second kappa shape index (κ2) is 10.2. The molecule has 1 aromatic heterocycles. The Kier molecular flexibility index (Phi) is 7.96. The molecule has 0 unspecified atom stereocenters. The number of nitrogens with zero attached hydrogens (tertiary/aromatic N) is 2. The van der Waals surface area contributed by atoms with Crippen LogP contribution in [-0.4, -0.2) is 73.8 Å². The maximum Gasteiger partial charge on any atom is 0.240 e. The Hall–Kier alpha value is -1.55. The van der Waals surface area contributed by atoms with Gasteiger partial charge in [-0.15, -0.1) is 11.3 Å². The summed E-state index contributed by atoms with van der Waals surface area (Å²) in [5.41, 5.74) is 0.931. The van der Waals surface area contributed by atoms with Gasteiger partial charge in [-0.05, 0) is 50.6 Å². The fourth-order valence-electron chi connectivity index (χ4n) is 5.68. The topological polar surface area (TPSA) is 104 Å². The van der Waals surface area contributed by atoms with Crippen molar-refractivity contribution < 1.29 is 19.4 Å². The van der Waals surface area contributed by atoms with Crippen LogP contribution in [0.5, 0.6) is 0 Å². The molecule has 0 saturated heterocycles.